The molecule has 3 fully saturated rings. The molecule has 3 heterocycles. The van der Waals surface area contributed by atoms with Gasteiger partial charge in [0.25, 0.3) is 0 Å². The van der Waals surface area contributed by atoms with Crippen molar-refractivity contribution < 1.29 is 36.3 Å². The first-order valence-corrected chi connectivity index (χ1v) is 10.3. The summed E-state index contributed by atoms with van der Waals surface area (Å²) in [6.45, 7) is 0.498. The van der Waals surface area contributed by atoms with Crippen molar-refractivity contribution in [2.75, 3.05) is 45.9 Å². The lowest BCUT2D eigenvalue weighted by atomic mass is 10.0. The Bertz CT molecular complexity index is 875. The van der Waals surface area contributed by atoms with E-state index in [2.05, 4.69) is 5.32 Å². The molecule has 1 aromatic rings. The lowest BCUT2D eigenvalue weighted by Gasteiger charge is -2.44. The number of hydrogen-bond acceptors (Lipinski definition) is 4. The molecule has 0 radical (unpaired) electrons. The number of halogens is 5. The molecular formula is C20H23F5N4O3. The summed E-state index contributed by atoms with van der Waals surface area (Å²) >= 11 is 0. The quantitative estimate of drug-likeness (QED) is 0.682. The number of likely N-dealkylation sites (tertiary alicyclic amines) is 1. The molecule has 3 aliphatic heterocycles. The zero-order chi connectivity index (χ0) is 23.0. The third-order valence-corrected chi connectivity index (χ3v) is 6.11. The number of nitrogens with zero attached hydrogens (tertiary/aromatic N) is 3. The number of nitrogens with one attached hydrogen (secondary N) is 1. The van der Waals surface area contributed by atoms with Gasteiger partial charge in [-0.3, -0.25) is 9.69 Å². The molecule has 3 atom stereocenters. The minimum Gasteiger partial charge on any atom is -0.366 e. The molecule has 12 heteroatoms. The van der Waals surface area contributed by atoms with Gasteiger partial charge in [-0.25, -0.2) is 13.6 Å². The van der Waals surface area contributed by atoms with Crippen molar-refractivity contribution in [3.8, 4) is 0 Å². The van der Waals surface area contributed by atoms with E-state index in [1.54, 1.807) is 4.90 Å². The highest BCUT2D eigenvalue weighted by atomic mass is 19.4. The van der Waals surface area contributed by atoms with Crippen LogP contribution >= 0.6 is 0 Å². The van der Waals surface area contributed by atoms with Gasteiger partial charge in [0.1, 0.15) is 24.3 Å². The van der Waals surface area contributed by atoms with E-state index in [1.165, 1.54) is 4.90 Å². The largest absolute Gasteiger partial charge is 0.408 e. The van der Waals surface area contributed by atoms with Crippen molar-refractivity contribution in [2.45, 2.75) is 30.8 Å². The number of hydrogen-bond donors (Lipinski definition) is 1. The number of piperazine rings is 1. The number of morpholine rings is 1. The number of fused-ring (bicyclic) bond motifs is 1. The monoisotopic (exact) mass is 462 g/mol. The van der Waals surface area contributed by atoms with Crippen molar-refractivity contribution in [1.82, 2.24) is 20.0 Å². The van der Waals surface area contributed by atoms with Crippen LogP contribution < -0.4 is 5.32 Å². The van der Waals surface area contributed by atoms with E-state index in [0.717, 1.165) is 17.0 Å². The van der Waals surface area contributed by atoms with Crippen molar-refractivity contribution in [3.63, 3.8) is 0 Å². The lowest BCUT2D eigenvalue weighted by Crippen LogP contribution is -2.63. The van der Waals surface area contributed by atoms with Crippen LogP contribution in [0.3, 0.4) is 0 Å². The van der Waals surface area contributed by atoms with E-state index in [-0.39, 0.29) is 63.4 Å². The summed E-state index contributed by atoms with van der Waals surface area (Å²) in [6, 6.07) is -0.818. The van der Waals surface area contributed by atoms with Gasteiger partial charge in [0.2, 0.25) is 5.91 Å². The maximum atomic E-state index is 14.1. The Kier molecular flexibility index (Phi) is 6.26. The van der Waals surface area contributed by atoms with E-state index in [1.807, 2.05) is 0 Å². The zero-order valence-electron chi connectivity index (χ0n) is 17.1. The van der Waals surface area contributed by atoms with E-state index in [4.69, 9.17) is 4.74 Å². The Morgan fingerprint density at radius 2 is 1.81 bits per heavy atom. The van der Waals surface area contributed by atoms with Gasteiger partial charge in [-0.05, 0) is 12.5 Å². The van der Waals surface area contributed by atoms with Gasteiger partial charge in [0.15, 0.2) is 0 Å². The summed E-state index contributed by atoms with van der Waals surface area (Å²) in [7, 11) is 0. The summed E-state index contributed by atoms with van der Waals surface area (Å²) in [5.41, 5.74) is -0.645. The molecule has 0 aliphatic carbocycles. The summed E-state index contributed by atoms with van der Waals surface area (Å²) in [5, 5.41) is 2.80. The smallest absolute Gasteiger partial charge is 0.366 e. The molecule has 1 N–H and O–H groups in total. The molecule has 3 aliphatic rings. The van der Waals surface area contributed by atoms with Gasteiger partial charge < -0.3 is 19.9 Å². The fourth-order valence-corrected chi connectivity index (χ4v) is 4.55. The number of carbonyl (C=O) groups is 2. The normalized spacial score (nSPS) is 25.8. The highest BCUT2D eigenvalue weighted by Crippen LogP contribution is 2.39. The van der Waals surface area contributed by atoms with Crippen molar-refractivity contribution in [2.24, 2.45) is 0 Å². The number of carbonyl (C=O) groups excluding carboxylic acids is 2. The lowest BCUT2D eigenvalue weighted by molar-refractivity contribution is -0.190. The third-order valence-electron chi connectivity index (χ3n) is 6.11. The van der Waals surface area contributed by atoms with Crippen molar-refractivity contribution in [3.05, 3.63) is 35.4 Å². The summed E-state index contributed by atoms with van der Waals surface area (Å²) in [4.78, 5) is 28.5. The maximum Gasteiger partial charge on any atom is 0.408 e. The number of amides is 3. The van der Waals surface area contributed by atoms with Crippen LogP contribution in [0.1, 0.15) is 18.0 Å². The minimum absolute atomic E-state index is 0.00784. The SMILES string of the molecule is O=C1CO[C@H]2CCN(C(=O)N3CCN(C(c4ccc(F)cc4F)C(F)(F)F)CC3)C[C@H]2N1. The van der Waals surface area contributed by atoms with E-state index >= 15 is 0 Å². The molecule has 1 unspecified atom stereocenters. The van der Waals surface area contributed by atoms with Gasteiger partial charge in [0.05, 0.1) is 12.1 Å². The van der Waals surface area contributed by atoms with Gasteiger partial charge in [0, 0.05) is 50.9 Å². The van der Waals surface area contributed by atoms with Crippen LogP contribution in [-0.2, 0) is 9.53 Å². The van der Waals surface area contributed by atoms with Crippen LogP contribution in [0.15, 0.2) is 18.2 Å². The number of benzene rings is 1. The Labute approximate surface area is 181 Å². The second kappa shape index (κ2) is 8.81. The predicted molar refractivity (Wildman–Crippen MR) is 102 cm³/mol. The Hall–Kier alpha value is -2.47. The Balaban J connectivity index is 1.40. The highest BCUT2D eigenvalue weighted by Gasteiger charge is 2.47. The van der Waals surface area contributed by atoms with E-state index in [0.29, 0.717) is 19.0 Å². The van der Waals surface area contributed by atoms with Crippen LogP contribution in [0, 0.1) is 11.6 Å². The minimum atomic E-state index is -4.77. The second-order valence-electron chi connectivity index (χ2n) is 8.17. The highest BCUT2D eigenvalue weighted by molar-refractivity contribution is 5.79. The molecular weight excluding hydrogens is 439 g/mol. The maximum absolute atomic E-state index is 14.1. The fraction of sp³-hybridized carbons (Fsp3) is 0.600. The second-order valence-corrected chi connectivity index (χ2v) is 8.17. The van der Waals surface area contributed by atoms with E-state index in [9.17, 15) is 31.5 Å². The molecule has 7 nitrogen and oxygen atoms in total. The molecule has 4 rings (SSSR count). The van der Waals surface area contributed by atoms with Crippen molar-refractivity contribution >= 4 is 11.9 Å². The molecule has 3 amide bonds. The summed E-state index contributed by atoms with van der Waals surface area (Å²) in [6.07, 6.45) is -4.38. The number of ether oxygens (including phenoxy) is 1. The van der Waals surface area contributed by atoms with E-state index < -0.39 is 29.4 Å². The van der Waals surface area contributed by atoms with Crippen molar-refractivity contribution in [1.29, 1.82) is 0 Å². The standard InChI is InChI=1S/C20H23F5N4O3/c21-12-1-2-13(14(22)9-12)18(20(23,24)25)27-5-7-28(8-6-27)19(31)29-4-3-16-15(10-29)26-17(30)11-32-16/h1-2,9,15-16,18H,3-8,10-11H2,(H,26,30)/t15-,16+,18?/m1/s1. The molecule has 32 heavy (non-hydrogen) atoms. The van der Waals surface area contributed by atoms with Gasteiger partial charge >= 0.3 is 12.2 Å². The molecule has 176 valence electrons. The molecule has 1 aromatic carbocycles. The van der Waals surface area contributed by atoms with Gasteiger partial charge in [-0.2, -0.15) is 13.2 Å². The Morgan fingerprint density at radius 1 is 1.09 bits per heavy atom. The van der Waals surface area contributed by atoms with Crippen LogP contribution in [0.4, 0.5) is 26.7 Å². The molecule has 0 bridgehead atoms. The Morgan fingerprint density at radius 3 is 2.47 bits per heavy atom. The van der Waals surface area contributed by atoms with Gasteiger partial charge in [-0.1, -0.05) is 6.07 Å². The van der Waals surface area contributed by atoms with Crippen LogP contribution in [0.5, 0.6) is 0 Å². The van der Waals surface area contributed by atoms with Gasteiger partial charge in [-0.15, -0.1) is 0 Å². The molecule has 3 saturated heterocycles. The summed E-state index contributed by atoms with van der Waals surface area (Å²) in [5.74, 6) is -2.46. The topological polar surface area (TPSA) is 65.1 Å². The van der Waals surface area contributed by atoms with Crippen LogP contribution in [0.2, 0.25) is 0 Å². The molecule has 0 spiro atoms. The average Bonchev–Trinajstić information content (AvgIpc) is 2.74. The van der Waals surface area contributed by atoms with Crippen LogP contribution in [0.25, 0.3) is 0 Å². The predicted octanol–water partition coefficient (Wildman–Crippen LogP) is 1.90. The number of piperidine rings is 1. The fourth-order valence-electron chi connectivity index (χ4n) is 4.55. The first-order chi connectivity index (χ1) is 15.1. The van der Waals surface area contributed by atoms with Crippen LogP contribution in [-0.4, -0.2) is 90.8 Å². The average molecular weight is 462 g/mol. The first kappa shape index (κ1) is 22.7. The summed E-state index contributed by atoms with van der Waals surface area (Å²) < 4.78 is 74.1. The number of rotatable bonds is 2. The zero-order valence-corrected chi connectivity index (χ0v) is 17.1. The first-order valence-electron chi connectivity index (χ1n) is 10.3. The number of alkyl halides is 3. The third kappa shape index (κ3) is 4.65. The molecule has 0 saturated carbocycles. The number of urea groups is 1. The molecule has 0 aromatic heterocycles.